The van der Waals surface area contributed by atoms with Crippen molar-refractivity contribution < 1.29 is 33.7 Å². The Morgan fingerprint density at radius 2 is 1.41 bits per heavy atom. The molecule has 0 fully saturated rings. The van der Waals surface area contributed by atoms with Crippen molar-refractivity contribution in [3.8, 4) is 0 Å². The Labute approximate surface area is 128 Å². The molecule has 0 atom stereocenters. The SMILES string of the molecule is C=CC(=O)OCC(CO)(COC(=O)C=C)COC(=O)C(=C)C. The van der Waals surface area contributed by atoms with E-state index in [1.54, 1.807) is 0 Å². The molecule has 0 aromatic carbocycles. The molecule has 0 bridgehead atoms. The molecule has 0 heterocycles. The molecule has 0 radical (unpaired) electrons. The van der Waals surface area contributed by atoms with E-state index in [1.807, 2.05) is 0 Å². The van der Waals surface area contributed by atoms with Gasteiger partial charge in [-0.3, -0.25) is 0 Å². The zero-order valence-electron chi connectivity index (χ0n) is 12.5. The van der Waals surface area contributed by atoms with Crippen LogP contribution in [0, 0.1) is 5.41 Å². The molecule has 7 nitrogen and oxygen atoms in total. The van der Waals surface area contributed by atoms with Crippen LogP contribution in [-0.4, -0.2) is 49.4 Å². The topological polar surface area (TPSA) is 99.1 Å². The third-order valence-corrected chi connectivity index (χ3v) is 2.57. The maximum atomic E-state index is 11.4. The van der Waals surface area contributed by atoms with Gasteiger partial charge in [-0.25, -0.2) is 14.4 Å². The molecule has 0 saturated carbocycles. The van der Waals surface area contributed by atoms with Crippen LogP contribution in [0.3, 0.4) is 0 Å². The summed E-state index contributed by atoms with van der Waals surface area (Å²) in [6.07, 6.45) is 1.88. The highest BCUT2D eigenvalue weighted by atomic mass is 16.6. The highest BCUT2D eigenvalue weighted by Crippen LogP contribution is 2.20. The molecule has 1 N–H and O–H groups in total. The maximum absolute atomic E-state index is 11.4. The second-order valence-electron chi connectivity index (χ2n) is 4.64. The number of hydrogen-bond donors (Lipinski definition) is 1. The van der Waals surface area contributed by atoms with Gasteiger partial charge >= 0.3 is 17.9 Å². The van der Waals surface area contributed by atoms with E-state index in [0.717, 1.165) is 12.2 Å². The van der Waals surface area contributed by atoms with E-state index in [4.69, 9.17) is 14.2 Å². The molecule has 0 aliphatic carbocycles. The summed E-state index contributed by atoms with van der Waals surface area (Å²) in [6, 6.07) is 0. The predicted molar refractivity (Wildman–Crippen MR) is 77.6 cm³/mol. The van der Waals surface area contributed by atoms with Crippen molar-refractivity contribution in [1.82, 2.24) is 0 Å². The Balaban J connectivity index is 4.95. The van der Waals surface area contributed by atoms with Gasteiger partial charge in [-0.1, -0.05) is 19.7 Å². The van der Waals surface area contributed by atoms with E-state index in [0.29, 0.717) is 0 Å². The standard InChI is InChI=1S/C15H20O7/c1-5-12(17)20-8-15(7-16,9-21-13(18)6-2)10-22-14(19)11(3)4/h5-6,16H,1-3,7-10H2,4H3. The van der Waals surface area contributed by atoms with Crippen LogP contribution < -0.4 is 0 Å². The Kier molecular flexibility index (Phi) is 8.47. The van der Waals surface area contributed by atoms with Gasteiger partial charge in [-0.15, -0.1) is 0 Å². The summed E-state index contributed by atoms with van der Waals surface area (Å²) in [6.45, 7) is 9.82. The minimum absolute atomic E-state index is 0.165. The number of carbonyl (C=O) groups is 3. The molecular formula is C15H20O7. The number of hydrogen-bond acceptors (Lipinski definition) is 7. The first-order valence-corrected chi connectivity index (χ1v) is 6.32. The summed E-state index contributed by atoms with van der Waals surface area (Å²) < 4.78 is 14.7. The van der Waals surface area contributed by atoms with Gasteiger partial charge in [0.15, 0.2) is 0 Å². The van der Waals surface area contributed by atoms with Gasteiger partial charge in [0, 0.05) is 17.7 Å². The number of carbonyl (C=O) groups excluding carboxylic acids is 3. The van der Waals surface area contributed by atoms with E-state index >= 15 is 0 Å². The van der Waals surface area contributed by atoms with Gasteiger partial charge in [0.2, 0.25) is 0 Å². The summed E-state index contributed by atoms with van der Waals surface area (Å²) >= 11 is 0. The molecular weight excluding hydrogens is 292 g/mol. The first kappa shape index (κ1) is 19.6. The van der Waals surface area contributed by atoms with Gasteiger partial charge in [0.25, 0.3) is 0 Å². The van der Waals surface area contributed by atoms with Crippen molar-refractivity contribution in [3.05, 3.63) is 37.5 Å². The van der Waals surface area contributed by atoms with E-state index in [9.17, 15) is 19.5 Å². The zero-order valence-corrected chi connectivity index (χ0v) is 12.5. The fourth-order valence-electron chi connectivity index (χ4n) is 1.17. The highest BCUT2D eigenvalue weighted by molar-refractivity contribution is 5.87. The van der Waals surface area contributed by atoms with Crippen LogP contribution in [0.15, 0.2) is 37.5 Å². The van der Waals surface area contributed by atoms with Crippen molar-refractivity contribution in [2.75, 3.05) is 26.4 Å². The Morgan fingerprint density at radius 1 is 1.00 bits per heavy atom. The van der Waals surface area contributed by atoms with Crippen LogP contribution in [0.5, 0.6) is 0 Å². The Morgan fingerprint density at radius 3 is 1.73 bits per heavy atom. The van der Waals surface area contributed by atoms with Crippen LogP contribution >= 0.6 is 0 Å². The third-order valence-electron chi connectivity index (χ3n) is 2.57. The van der Waals surface area contributed by atoms with Crippen LogP contribution in [0.1, 0.15) is 6.92 Å². The number of ether oxygens (including phenoxy) is 3. The average Bonchev–Trinajstić information content (AvgIpc) is 2.53. The average molecular weight is 312 g/mol. The number of esters is 3. The minimum atomic E-state index is -1.29. The van der Waals surface area contributed by atoms with Gasteiger partial charge in [-0.2, -0.15) is 0 Å². The molecule has 0 rings (SSSR count). The van der Waals surface area contributed by atoms with Gasteiger partial charge in [-0.05, 0) is 6.92 Å². The monoisotopic (exact) mass is 312 g/mol. The first-order chi connectivity index (χ1) is 10.3. The van der Waals surface area contributed by atoms with E-state index < -0.39 is 29.9 Å². The largest absolute Gasteiger partial charge is 0.462 e. The zero-order chi connectivity index (χ0) is 17.2. The normalized spacial score (nSPS) is 10.3. The number of aliphatic hydroxyl groups excluding tert-OH is 1. The maximum Gasteiger partial charge on any atom is 0.333 e. The van der Waals surface area contributed by atoms with E-state index in [-0.39, 0.29) is 25.4 Å². The summed E-state index contributed by atoms with van der Waals surface area (Å²) in [5.41, 5.74) is -1.12. The predicted octanol–water partition coefficient (Wildman–Crippen LogP) is 0.543. The third kappa shape index (κ3) is 6.85. The Hall–Kier alpha value is -2.41. The van der Waals surface area contributed by atoms with E-state index in [1.165, 1.54) is 6.92 Å². The summed E-state index contributed by atoms with van der Waals surface area (Å²) in [4.78, 5) is 33.7. The molecule has 0 saturated heterocycles. The highest BCUT2D eigenvalue weighted by Gasteiger charge is 2.35. The van der Waals surface area contributed by atoms with Crippen molar-refractivity contribution in [3.63, 3.8) is 0 Å². The molecule has 0 aliphatic rings. The van der Waals surface area contributed by atoms with E-state index in [2.05, 4.69) is 19.7 Å². The molecule has 7 heteroatoms. The lowest BCUT2D eigenvalue weighted by Gasteiger charge is -2.29. The van der Waals surface area contributed by atoms with Crippen LogP contribution in [0.2, 0.25) is 0 Å². The van der Waals surface area contributed by atoms with Crippen molar-refractivity contribution in [2.24, 2.45) is 5.41 Å². The molecule has 0 aromatic rings. The fraction of sp³-hybridized carbons (Fsp3) is 0.400. The number of aliphatic hydroxyl groups is 1. The Bertz CT molecular complexity index is 441. The molecule has 0 unspecified atom stereocenters. The quantitative estimate of drug-likeness (QED) is 0.357. The molecule has 0 spiro atoms. The second kappa shape index (κ2) is 9.51. The first-order valence-electron chi connectivity index (χ1n) is 6.32. The van der Waals surface area contributed by atoms with Gasteiger partial charge in [0.05, 0.1) is 12.0 Å². The summed E-state index contributed by atoms with van der Waals surface area (Å²) in [5, 5.41) is 9.55. The lowest BCUT2D eigenvalue weighted by Crippen LogP contribution is -2.42. The lowest BCUT2D eigenvalue weighted by atomic mass is 9.92. The number of rotatable bonds is 10. The molecule has 0 amide bonds. The van der Waals surface area contributed by atoms with Crippen molar-refractivity contribution in [1.29, 1.82) is 0 Å². The lowest BCUT2D eigenvalue weighted by molar-refractivity contribution is -0.159. The van der Waals surface area contributed by atoms with Crippen molar-refractivity contribution >= 4 is 17.9 Å². The second-order valence-corrected chi connectivity index (χ2v) is 4.64. The van der Waals surface area contributed by atoms with Crippen molar-refractivity contribution in [2.45, 2.75) is 6.92 Å². The van der Waals surface area contributed by atoms with Crippen LogP contribution in [-0.2, 0) is 28.6 Å². The summed E-state index contributed by atoms with van der Waals surface area (Å²) in [7, 11) is 0. The minimum Gasteiger partial charge on any atom is -0.462 e. The molecule has 0 aromatic heterocycles. The van der Waals surface area contributed by atoms with Crippen LogP contribution in [0.25, 0.3) is 0 Å². The van der Waals surface area contributed by atoms with Gasteiger partial charge < -0.3 is 19.3 Å². The molecule has 0 aliphatic heterocycles. The fourth-order valence-corrected chi connectivity index (χ4v) is 1.17. The summed E-state index contributed by atoms with van der Waals surface area (Å²) in [5.74, 6) is -2.12. The van der Waals surface area contributed by atoms with Crippen LogP contribution in [0.4, 0.5) is 0 Å². The smallest absolute Gasteiger partial charge is 0.333 e. The molecule has 122 valence electrons. The van der Waals surface area contributed by atoms with Gasteiger partial charge in [0.1, 0.15) is 19.8 Å². The molecule has 22 heavy (non-hydrogen) atoms.